The van der Waals surface area contributed by atoms with Crippen molar-refractivity contribution in [3.63, 3.8) is 0 Å². The van der Waals surface area contributed by atoms with E-state index in [9.17, 15) is 0 Å². The summed E-state index contributed by atoms with van der Waals surface area (Å²) in [5, 5.41) is 0. The summed E-state index contributed by atoms with van der Waals surface area (Å²) in [5.74, 6) is 7.52. The van der Waals surface area contributed by atoms with Gasteiger partial charge in [0.2, 0.25) is 0 Å². The van der Waals surface area contributed by atoms with E-state index < -0.39 is 0 Å². The Morgan fingerprint density at radius 3 is 2.95 bits per heavy atom. The smallest absolute Gasteiger partial charge is 0.122 e. The van der Waals surface area contributed by atoms with Crippen molar-refractivity contribution in [2.45, 2.75) is 45.6 Å². The number of ether oxygens (including phenoxy) is 1. The van der Waals surface area contributed by atoms with Gasteiger partial charge in [0, 0.05) is 12.5 Å². The molecule has 1 aromatic carbocycles. The van der Waals surface area contributed by atoms with E-state index in [4.69, 9.17) is 10.6 Å². The number of rotatable bonds is 5. The normalized spacial score (nSPS) is 24.7. The molecule has 3 heteroatoms. The summed E-state index contributed by atoms with van der Waals surface area (Å²) >= 11 is 0. The van der Waals surface area contributed by atoms with Crippen LogP contribution in [0.1, 0.15) is 37.8 Å². The molecular formula is C16H24N2O. The zero-order valence-electron chi connectivity index (χ0n) is 11.9. The van der Waals surface area contributed by atoms with Crippen LogP contribution in [-0.4, -0.2) is 12.6 Å². The van der Waals surface area contributed by atoms with Gasteiger partial charge in [0.1, 0.15) is 5.75 Å². The van der Waals surface area contributed by atoms with Gasteiger partial charge in [-0.25, -0.2) is 0 Å². The molecule has 0 bridgehead atoms. The molecule has 104 valence electrons. The van der Waals surface area contributed by atoms with Gasteiger partial charge in [0.25, 0.3) is 0 Å². The lowest BCUT2D eigenvalue weighted by Crippen LogP contribution is -2.38. The van der Waals surface area contributed by atoms with Crippen molar-refractivity contribution in [1.82, 2.24) is 5.43 Å². The lowest BCUT2D eigenvalue weighted by Gasteiger charge is -2.17. The van der Waals surface area contributed by atoms with Crippen LogP contribution in [0.15, 0.2) is 18.2 Å². The first-order valence-corrected chi connectivity index (χ1v) is 7.31. The predicted octanol–water partition coefficient (Wildman–Crippen LogP) is 2.43. The van der Waals surface area contributed by atoms with Gasteiger partial charge >= 0.3 is 0 Å². The van der Waals surface area contributed by atoms with Crippen LogP contribution in [0.4, 0.5) is 0 Å². The number of nitrogens with one attached hydrogen (secondary N) is 1. The molecule has 0 aromatic heterocycles. The summed E-state index contributed by atoms with van der Waals surface area (Å²) in [4.78, 5) is 0. The Morgan fingerprint density at radius 2 is 2.26 bits per heavy atom. The maximum absolute atomic E-state index is 5.72. The molecule has 0 spiro atoms. The van der Waals surface area contributed by atoms with E-state index in [-0.39, 0.29) is 0 Å². The Balaban J connectivity index is 1.59. The molecule has 1 saturated carbocycles. The Labute approximate surface area is 115 Å². The van der Waals surface area contributed by atoms with Crippen molar-refractivity contribution in [3.8, 4) is 5.75 Å². The lowest BCUT2D eigenvalue weighted by molar-refractivity contribution is 0.356. The van der Waals surface area contributed by atoms with E-state index in [2.05, 4.69) is 37.5 Å². The van der Waals surface area contributed by atoms with E-state index in [1.54, 1.807) is 0 Å². The zero-order chi connectivity index (χ0) is 13.5. The third kappa shape index (κ3) is 2.63. The second-order valence-electron chi connectivity index (χ2n) is 6.65. The molecule has 2 aliphatic rings. The minimum Gasteiger partial charge on any atom is -0.493 e. The first kappa shape index (κ1) is 12.9. The third-order valence-electron chi connectivity index (χ3n) is 4.79. The number of hydrogen-bond acceptors (Lipinski definition) is 3. The number of fused-ring (bicyclic) bond motifs is 1. The molecule has 3 nitrogen and oxygen atoms in total. The first-order valence-electron chi connectivity index (χ1n) is 7.31. The van der Waals surface area contributed by atoms with Crippen molar-refractivity contribution in [1.29, 1.82) is 0 Å². The number of nitrogens with two attached hydrogens (primary N) is 1. The fourth-order valence-electron chi connectivity index (χ4n) is 3.31. The molecule has 1 fully saturated rings. The predicted molar refractivity (Wildman–Crippen MR) is 77.0 cm³/mol. The fourth-order valence-corrected chi connectivity index (χ4v) is 3.31. The molecule has 1 aliphatic carbocycles. The van der Waals surface area contributed by atoms with Crippen LogP contribution in [0.2, 0.25) is 0 Å². The average Bonchev–Trinajstić information content (AvgIpc) is 2.83. The summed E-state index contributed by atoms with van der Waals surface area (Å²) in [6.07, 6.45) is 4.55. The van der Waals surface area contributed by atoms with Crippen LogP contribution in [-0.2, 0) is 12.8 Å². The van der Waals surface area contributed by atoms with Gasteiger partial charge in [-0.15, -0.1) is 0 Å². The van der Waals surface area contributed by atoms with Crippen molar-refractivity contribution >= 4 is 0 Å². The quantitative estimate of drug-likeness (QED) is 0.631. The van der Waals surface area contributed by atoms with E-state index in [1.807, 2.05) is 0 Å². The van der Waals surface area contributed by atoms with Crippen molar-refractivity contribution in [2.75, 3.05) is 6.61 Å². The molecule has 2 atom stereocenters. The SMILES string of the molecule is CC1(C)CC1C(CCc1ccc2c(c1)CCO2)NN. The minimum atomic E-state index is 0.444. The van der Waals surface area contributed by atoms with Crippen LogP contribution in [0.5, 0.6) is 5.75 Å². The highest BCUT2D eigenvalue weighted by molar-refractivity contribution is 5.39. The Hall–Kier alpha value is -1.06. The molecule has 0 radical (unpaired) electrons. The van der Waals surface area contributed by atoms with Crippen molar-refractivity contribution in [3.05, 3.63) is 29.3 Å². The lowest BCUT2D eigenvalue weighted by atomic mass is 9.97. The summed E-state index contributed by atoms with van der Waals surface area (Å²) in [5.41, 5.74) is 6.26. The van der Waals surface area contributed by atoms with Crippen molar-refractivity contribution < 1.29 is 4.74 Å². The average molecular weight is 260 g/mol. The number of aryl methyl sites for hydroxylation is 1. The number of hydrazine groups is 1. The van der Waals surface area contributed by atoms with Gasteiger partial charge in [-0.2, -0.15) is 0 Å². The first-order chi connectivity index (χ1) is 9.10. The van der Waals surface area contributed by atoms with Gasteiger partial charge in [-0.1, -0.05) is 26.0 Å². The monoisotopic (exact) mass is 260 g/mol. The van der Waals surface area contributed by atoms with Crippen LogP contribution in [0, 0.1) is 11.3 Å². The number of benzene rings is 1. The van der Waals surface area contributed by atoms with E-state index in [0.717, 1.165) is 37.5 Å². The highest BCUT2D eigenvalue weighted by Crippen LogP contribution is 2.54. The van der Waals surface area contributed by atoms with Gasteiger partial charge in [-0.05, 0) is 47.8 Å². The molecular weight excluding hydrogens is 236 g/mol. The molecule has 1 aromatic rings. The largest absolute Gasteiger partial charge is 0.493 e. The van der Waals surface area contributed by atoms with Crippen LogP contribution in [0.3, 0.4) is 0 Å². The Morgan fingerprint density at radius 1 is 1.47 bits per heavy atom. The summed E-state index contributed by atoms with van der Waals surface area (Å²) in [7, 11) is 0. The second kappa shape index (κ2) is 4.80. The van der Waals surface area contributed by atoms with Gasteiger partial charge in [0.05, 0.1) is 6.61 Å². The maximum atomic E-state index is 5.72. The van der Waals surface area contributed by atoms with Crippen LogP contribution in [0.25, 0.3) is 0 Å². The van der Waals surface area contributed by atoms with Crippen molar-refractivity contribution in [2.24, 2.45) is 17.2 Å². The topological polar surface area (TPSA) is 47.3 Å². The maximum Gasteiger partial charge on any atom is 0.122 e. The highest BCUT2D eigenvalue weighted by Gasteiger charge is 2.49. The summed E-state index contributed by atoms with van der Waals surface area (Å²) in [6.45, 7) is 5.49. The molecule has 19 heavy (non-hydrogen) atoms. The van der Waals surface area contributed by atoms with E-state index in [1.165, 1.54) is 17.5 Å². The summed E-state index contributed by atoms with van der Waals surface area (Å²) < 4.78 is 5.54. The highest BCUT2D eigenvalue weighted by atomic mass is 16.5. The van der Waals surface area contributed by atoms with E-state index in [0.29, 0.717) is 11.5 Å². The van der Waals surface area contributed by atoms with Gasteiger partial charge < -0.3 is 4.74 Å². The Bertz CT molecular complexity index is 470. The molecule has 0 amide bonds. The van der Waals surface area contributed by atoms with Gasteiger partial charge in [0.15, 0.2) is 0 Å². The standard InChI is InChI=1S/C16H24N2O/c1-16(2)10-13(16)14(18-17)5-3-11-4-6-15-12(9-11)7-8-19-15/h4,6,9,13-14,18H,3,5,7-8,10,17H2,1-2H3. The van der Waals surface area contributed by atoms with Crippen LogP contribution >= 0.6 is 0 Å². The third-order valence-corrected chi connectivity index (χ3v) is 4.79. The molecule has 0 saturated heterocycles. The van der Waals surface area contributed by atoms with Gasteiger partial charge in [-0.3, -0.25) is 11.3 Å². The fraction of sp³-hybridized carbons (Fsp3) is 0.625. The summed E-state index contributed by atoms with van der Waals surface area (Å²) in [6, 6.07) is 7.05. The Kier molecular flexibility index (Phi) is 3.27. The molecule has 1 aliphatic heterocycles. The molecule has 2 unspecified atom stereocenters. The molecule has 3 N–H and O–H groups in total. The van der Waals surface area contributed by atoms with Crippen LogP contribution < -0.4 is 16.0 Å². The second-order valence-corrected chi connectivity index (χ2v) is 6.65. The molecule has 1 heterocycles. The van der Waals surface area contributed by atoms with E-state index >= 15 is 0 Å². The molecule has 3 rings (SSSR count). The minimum absolute atomic E-state index is 0.444. The zero-order valence-corrected chi connectivity index (χ0v) is 11.9. The number of hydrogen-bond donors (Lipinski definition) is 2.